The van der Waals surface area contributed by atoms with E-state index in [4.69, 9.17) is 5.73 Å². The minimum atomic E-state index is -0.0582. The molecule has 1 fully saturated rings. The van der Waals surface area contributed by atoms with Crippen LogP contribution in [0.25, 0.3) is 0 Å². The number of amides is 1. The number of carbonyl (C=O) groups excluding carboxylic acids is 1. The molecular formula is C16H27N3OS. The van der Waals surface area contributed by atoms with Gasteiger partial charge >= 0.3 is 0 Å². The van der Waals surface area contributed by atoms with Gasteiger partial charge in [0.1, 0.15) is 4.88 Å². The molecule has 0 radical (unpaired) electrons. The highest BCUT2D eigenvalue weighted by Crippen LogP contribution is 2.37. The molecule has 1 amide bonds. The highest BCUT2D eigenvalue weighted by molar-refractivity contribution is 7.18. The summed E-state index contributed by atoms with van der Waals surface area (Å²) < 4.78 is 0. The fourth-order valence-electron chi connectivity index (χ4n) is 2.72. The minimum absolute atomic E-state index is 0.0582. The first kappa shape index (κ1) is 16.1. The standard InChI is InChI=1S/C16H27N3OS/c1-4-9-18-15(20)14-12(17)10-13(21-14)19-11-5-7-16(2,3)8-6-11/h10-11,19H,4-9,17H2,1-3H3,(H,18,20). The van der Waals surface area contributed by atoms with Crippen molar-refractivity contribution in [1.82, 2.24) is 5.32 Å². The van der Waals surface area contributed by atoms with Gasteiger partial charge in [-0.15, -0.1) is 11.3 Å². The lowest BCUT2D eigenvalue weighted by Crippen LogP contribution is -2.29. The number of hydrogen-bond acceptors (Lipinski definition) is 4. The van der Waals surface area contributed by atoms with E-state index in [1.54, 1.807) is 0 Å². The quantitative estimate of drug-likeness (QED) is 0.774. The second kappa shape index (κ2) is 6.69. The summed E-state index contributed by atoms with van der Waals surface area (Å²) in [5.74, 6) is -0.0582. The molecule has 0 spiro atoms. The van der Waals surface area contributed by atoms with Gasteiger partial charge in [0.25, 0.3) is 5.91 Å². The van der Waals surface area contributed by atoms with Crippen molar-refractivity contribution in [2.24, 2.45) is 5.41 Å². The van der Waals surface area contributed by atoms with E-state index in [0.717, 1.165) is 11.4 Å². The van der Waals surface area contributed by atoms with Crippen molar-refractivity contribution in [2.45, 2.75) is 58.9 Å². The average molecular weight is 309 g/mol. The van der Waals surface area contributed by atoms with E-state index in [1.807, 2.05) is 13.0 Å². The zero-order chi connectivity index (χ0) is 15.5. The van der Waals surface area contributed by atoms with Crippen LogP contribution in [0.2, 0.25) is 0 Å². The first-order valence-corrected chi connectivity index (χ1v) is 8.67. The number of thiophene rings is 1. The summed E-state index contributed by atoms with van der Waals surface area (Å²) in [4.78, 5) is 12.6. The molecule has 21 heavy (non-hydrogen) atoms. The van der Waals surface area contributed by atoms with Crippen molar-refractivity contribution in [3.05, 3.63) is 10.9 Å². The van der Waals surface area contributed by atoms with Gasteiger partial charge in [-0.1, -0.05) is 20.8 Å². The zero-order valence-electron chi connectivity index (χ0n) is 13.3. The second-order valence-corrected chi connectivity index (χ2v) is 7.79. The van der Waals surface area contributed by atoms with Crippen molar-refractivity contribution in [3.63, 3.8) is 0 Å². The third-order valence-electron chi connectivity index (χ3n) is 4.19. The van der Waals surface area contributed by atoms with Crippen LogP contribution in [0.1, 0.15) is 62.5 Å². The summed E-state index contributed by atoms with van der Waals surface area (Å²) >= 11 is 1.46. The van der Waals surface area contributed by atoms with Gasteiger partial charge in [0.15, 0.2) is 0 Å². The highest BCUT2D eigenvalue weighted by Gasteiger charge is 2.27. The van der Waals surface area contributed by atoms with Crippen LogP contribution in [0.4, 0.5) is 10.7 Å². The van der Waals surface area contributed by atoms with Crippen LogP contribution >= 0.6 is 11.3 Å². The first-order valence-electron chi connectivity index (χ1n) is 7.85. The van der Waals surface area contributed by atoms with Crippen LogP contribution in [0.3, 0.4) is 0 Å². The molecule has 5 heteroatoms. The number of nitrogens with two attached hydrogens (primary N) is 1. The van der Waals surface area contributed by atoms with Gasteiger partial charge in [0.05, 0.1) is 10.7 Å². The molecule has 118 valence electrons. The maximum Gasteiger partial charge on any atom is 0.263 e. The highest BCUT2D eigenvalue weighted by atomic mass is 32.1. The molecule has 1 heterocycles. The van der Waals surface area contributed by atoms with Gasteiger partial charge in [-0.2, -0.15) is 0 Å². The van der Waals surface area contributed by atoms with Crippen molar-refractivity contribution in [2.75, 3.05) is 17.6 Å². The Balaban J connectivity index is 1.94. The van der Waals surface area contributed by atoms with Crippen LogP contribution in [-0.2, 0) is 0 Å². The van der Waals surface area contributed by atoms with Gasteiger partial charge in [0.2, 0.25) is 0 Å². The Labute approximate surface area is 131 Å². The van der Waals surface area contributed by atoms with Crippen LogP contribution < -0.4 is 16.4 Å². The van der Waals surface area contributed by atoms with E-state index in [1.165, 1.54) is 37.0 Å². The SMILES string of the molecule is CCCNC(=O)c1sc(NC2CCC(C)(C)CC2)cc1N. The van der Waals surface area contributed by atoms with Gasteiger partial charge in [-0.3, -0.25) is 4.79 Å². The minimum Gasteiger partial charge on any atom is -0.397 e. The van der Waals surface area contributed by atoms with Gasteiger partial charge < -0.3 is 16.4 Å². The molecule has 0 bridgehead atoms. The molecule has 4 N–H and O–H groups in total. The third-order valence-corrected chi connectivity index (χ3v) is 5.27. The molecule has 0 unspecified atom stereocenters. The van der Waals surface area contributed by atoms with E-state index in [9.17, 15) is 4.79 Å². The Hall–Kier alpha value is -1.23. The Morgan fingerprint density at radius 3 is 2.71 bits per heavy atom. The summed E-state index contributed by atoms with van der Waals surface area (Å²) in [5.41, 5.74) is 7.02. The van der Waals surface area contributed by atoms with E-state index in [2.05, 4.69) is 24.5 Å². The second-order valence-electron chi connectivity index (χ2n) is 6.73. The fourth-order valence-corrected chi connectivity index (χ4v) is 3.69. The van der Waals surface area contributed by atoms with Gasteiger partial charge in [0, 0.05) is 12.6 Å². The number of nitrogens with one attached hydrogen (secondary N) is 2. The van der Waals surface area contributed by atoms with Crippen molar-refractivity contribution in [1.29, 1.82) is 0 Å². The van der Waals surface area contributed by atoms with Gasteiger partial charge in [-0.05, 0) is 43.6 Å². The predicted molar refractivity (Wildman–Crippen MR) is 91.0 cm³/mol. The summed E-state index contributed by atoms with van der Waals surface area (Å²) in [6.07, 6.45) is 5.79. The number of carbonyl (C=O) groups is 1. The maximum atomic E-state index is 12.0. The molecule has 0 atom stereocenters. The fraction of sp³-hybridized carbons (Fsp3) is 0.688. The molecular weight excluding hydrogens is 282 g/mol. The normalized spacial score (nSPS) is 18.4. The third kappa shape index (κ3) is 4.37. The summed E-state index contributed by atoms with van der Waals surface area (Å²) in [6.45, 7) is 7.40. The molecule has 1 aromatic heterocycles. The predicted octanol–water partition coefficient (Wildman–Crippen LogP) is 3.85. The van der Waals surface area contributed by atoms with Crippen molar-refractivity contribution in [3.8, 4) is 0 Å². The number of nitrogen functional groups attached to an aromatic ring is 1. The number of hydrogen-bond donors (Lipinski definition) is 3. The lowest BCUT2D eigenvalue weighted by atomic mass is 9.76. The van der Waals surface area contributed by atoms with Crippen molar-refractivity contribution < 1.29 is 4.79 Å². The van der Waals surface area contributed by atoms with E-state index < -0.39 is 0 Å². The Morgan fingerprint density at radius 1 is 1.43 bits per heavy atom. The Morgan fingerprint density at radius 2 is 2.10 bits per heavy atom. The molecule has 2 rings (SSSR count). The maximum absolute atomic E-state index is 12.0. The molecule has 0 aliphatic heterocycles. The monoisotopic (exact) mass is 309 g/mol. The van der Waals surface area contributed by atoms with Crippen LogP contribution in [0.5, 0.6) is 0 Å². The summed E-state index contributed by atoms with van der Waals surface area (Å²) in [7, 11) is 0. The Kier molecular flexibility index (Phi) is 5.14. The van der Waals surface area contributed by atoms with Gasteiger partial charge in [-0.25, -0.2) is 0 Å². The molecule has 0 saturated heterocycles. The smallest absolute Gasteiger partial charge is 0.263 e. The molecule has 1 aromatic rings. The lowest BCUT2D eigenvalue weighted by Gasteiger charge is -2.34. The van der Waals surface area contributed by atoms with Crippen LogP contribution in [-0.4, -0.2) is 18.5 Å². The molecule has 0 aromatic carbocycles. The first-order chi connectivity index (χ1) is 9.91. The van der Waals surface area contributed by atoms with E-state index in [0.29, 0.717) is 28.6 Å². The number of rotatable bonds is 5. The van der Waals surface area contributed by atoms with Crippen LogP contribution in [0.15, 0.2) is 6.07 Å². The van der Waals surface area contributed by atoms with E-state index in [-0.39, 0.29) is 5.91 Å². The zero-order valence-corrected chi connectivity index (χ0v) is 14.1. The molecule has 4 nitrogen and oxygen atoms in total. The molecule has 1 saturated carbocycles. The summed E-state index contributed by atoms with van der Waals surface area (Å²) in [6, 6.07) is 2.40. The number of anilines is 2. The van der Waals surface area contributed by atoms with Crippen LogP contribution in [0, 0.1) is 5.41 Å². The average Bonchev–Trinajstić information content (AvgIpc) is 2.79. The topological polar surface area (TPSA) is 67.2 Å². The molecule has 1 aliphatic carbocycles. The molecule has 1 aliphatic rings. The lowest BCUT2D eigenvalue weighted by molar-refractivity contribution is 0.0958. The van der Waals surface area contributed by atoms with E-state index >= 15 is 0 Å². The summed E-state index contributed by atoms with van der Waals surface area (Å²) in [5, 5.41) is 7.44. The Bertz CT molecular complexity index is 486. The largest absolute Gasteiger partial charge is 0.397 e. The van der Waals surface area contributed by atoms with Crippen molar-refractivity contribution >= 4 is 27.9 Å².